The number of nitrogens with one attached hydrogen (secondary N) is 2. The monoisotopic (exact) mass is 270 g/mol. The summed E-state index contributed by atoms with van der Waals surface area (Å²) in [5.74, 6) is -0.0152. The first-order chi connectivity index (χ1) is 7.24. The molecule has 1 rings (SSSR count). The lowest BCUT2D eigenvalue weighted by Crippen LogP contribution is -2.26. The lowest BCUT2D eigenvalue weighted by Gasteiger charge is -2.04. The predicted octanol–water partition coefficient (Wildman–Crippen LogP) is 1.79. The van der Waals surface area contributed by atoms with Gasteiger partial charge in [-0.2, -0.15) is 0 Å². The van der Waals surface area contributed by atoms with Gasteiger partial charge in [-0.15, -0.1) is 0 Å². The summed E-state index contributed by atoms with van der Waals surface area (Å²) in [6.45, 7) is 1.62. The Hall–Kier alpha value is -0.870. The molecule has 0 aliphatic heterocycles. The van der Waals surface area contributed by atoms with Crippen molar-refractivity contribution in [3.8, 4) is 0 Å². The van der Waals surface area contributed by atoms with Crippen LogP contribution in [0.2, 0.25) is 0 Å². The van der Waals surface area contributed by atoms with Crippen LogP contribution in [0.3, 0.4) is 0 Å². The number of benzene rings is 1. The second kappa shape index (κ2) is 6.58. The first-order valence-corrected chi connectivity index (χ1v) is 5.71. The first kappa shape index (κ1) is 12.2. The summed E-state index contributed by atoms with van der Waals surface area (Å²) in [4.78, 5) is 11.6. The van der Waals surface area contributed by atoms with Crippen molar-refractivity contribution >= 4 is 21.8 Å². The Balaban J connectivity index is 2.37. The van der Waals surface area contributed by atoms with Crippen molar-refractivity contribution in [2.45, 2.75) is 6.42 Å². The van der Waals surface area contributed by atoms with E-state index in [1.54, 1.807) is 12.1 Å². The van der Waals surface area contributed by atoms with Crippen LogP contribution in [0.1, 0.15) is 16.8 Å². The maximum Gasteiger partial charge on any atom is 0.251 e. The lowest BCUT2D eigenvalue weighted by molar-refractivity contribution is 0.0953. The van der Waals surface area contributed by atoms with Crippen molar-refractivity contribution in [2.75, 3.05) is 20.1 Å². The number of carbonyl (C=O) groups excluding carboxylic acids is 1. The summed E-state index contributed by atoms with van der Waals surface area (Å²) in [6.07, 6.45) is 0.943. The van der Waals surface area contributed by atoms with Gasteiger partial charge in [0.05, 0.1) is 0 Å². The Morgan fingerprint density at radius 3 is 2.53 bits per heavy atom. The van der Waals surface area contributed by atoms with Crippen molar-refractivity contribution in [1.29, 1.82) is 0 Å². The van der Waals surface area contributed by atoms with E-state index in [0.29, 0.717) is 12.1 Å². The molecule has 0 atom stereocenters. The van der Waals surface area contributed by atoms with Gasteiger partial charge in [-0.1, -0.05) is 15.9 Å². The van der Waals surface area contributed by atoms with Gasteiger partial charge in [0, 0.05) is 16.6 Å². The molecular weight excluding hydrogens is 256 g/mol. The smallest absolute Gasteiger partial charge is 0.251 e. The van der Waals surface area contributed by atoms with Crippen LogP contribution in [0.25, 0.3) is 0 Å². The molecule has 4 heteroatoms. The van der Waals surface area contributed by atoms with E-state index >= 15 is 0 Å². The van der Waals surface area contributed by atoms with Gasteiger partial charge in [0.1, 0.15) is 0 Å². The summed E-state index contributed by atoms with van der Waals surface area (Å²) in [7, 11) is 1.90. The average molecular weight is 271 g/mol. The van der Waals surface area contributed by atoms with Crippen molar-refractivity contribution in [3.05, 3.63) is 34.3 Å². The molecule has 2 N–H and O–H groups in total. The van der Waals surface area contributed by atoms with Gasteiger partial charge in [0.25, 0.3) is 5.91 Å². The van der Waals surface area contributed by atoms with E-state index in [2.05, 4.69) is 26.6 Å². The molecule has 0 radical (unpaired) electrons. The number of rotatable bonds is 5. The summed E-state index contributed by atoms with van der Waals surface area (Å²) in [6, 6.07) is 7.33. The third-order valence-corrected chi connectivity index (χ3v) is 2.52. The Kier molecular flexibility index (Phi) is 5.36. The molecule has 0 aromatic heterocycles. The molecule has 3 nitrogen and oxygen atoms in total. The maximum atomic E-state index is 11.6. The highest BCUT2D eigenvalue weighted by atomic mass is 79.9. The molecule has 0 heterocycles. The van der Waals surface area contributed by atoms with Crippen LogP contribution in [0, 0.1) is 0 Å². The molecule has 0 bridgehead atoms. The molecule has 0 saturated heterocycles. The molecule has 0 unspecified atom stereocenters. The molecular formula is C11H15BrN2O. The highest BCUT2D eigenvalue weighted by molar-refractivity contribution is 9.10. The van der Waals surface area contributed by atoms with E-state index in [9.17, 15) is 4.79 Å². The zero-order valence-electron chi connectivity index (χ0n) is 8.72. The lowest BCUT2D eigenvalue weighted by atomic mass is 10.2. The van der Waals surface area contributed by atoms with E-state index < -0.39 is 0 Å². The van der Waals surface area contributed by atoms with Gasteiger partial charge in [-0.25, -0.2) is 0 Å². The molecule has 82 valence electrons. The highest BCUT2D eigenvalue weighted by Gasteiger charge is 2.03. The standard InChI is InChI=1S/C11H15BrN2O/c1-13-7-2-8-14-11(15)9-3-5-10(12)6-4-9/h3-6,13H,2,7-8H2,1H3,(H,14,15). The Morgan fingerprint density at radius 1 is 1.27 bits per heavy atom. The van der Waals surface area contributed by atoms with Crippen LogP contribution in [0.5, 0.6) is 0 Å². The van der Waals surface area contributed by atoms with Crippen molar-refractivity contribution in [1.82, 2.24) is 10.6 Å². The van der Waals surface area contributed by atoms with Gasteiger partial charge in [-0.05, 0) is 44.3 Å². The molecule has 0 aliphatic rings. The Labute approximate surface area is 98.4 Å². The molecule has 1 aromatic rings. The SMILES string of the molecule is CNCCCNC(=O)c1ccc(Br)cc1. The second-order valence-electron chi connectivity index (χ2n) is 3.22. The van der Waals surface area contributed by atoms with Crippen LogP contribution < -0.4 is 10.6 Å². The topological polar surface area (TPSA) is 41.1 Å². The summed E-state index contributed by atoms with van der Waals surface area (Å²) in [5.41, 5.74) is 0.697. The van der Waals surface area contributed by atoms with Crippen LogP contribution in [-0.2, 0) is 0 Å². The highest BCUT2D eigenvalue weighted by Crippen LogP contribution is 2.10. The van der Waals surface area contributed by atoms with E-state index in [0.717, 1.165) is 17.4 Å². The van der Waals surface area contributed by atoms with Crippen molar-refractivity contribution in [2.24, 2.45) is 0 Å². The fourth-order valence-electron chi connectivity index (χ4n) is 1.17. The van der Waals surface area contributed by atoms with E-state index in [-0.39, 0.29) is 5.91 Å². The third-order valence-electron chi connectivity index (χ3n) is 2.00. The minimum atomic E-state index is -0.0152. The van der Waals surface area contributed by atoms with E-state index in [1.165, 1.54) is 0 Å². The number of carbonyl (C=O) groups is 1. The Morgan fingerprint density at radius 2 is 1.93 bits per heavy atom. The quantitative estimate of drug-likeness (QED) is 0.802. The maximum absolute atomic E-state index is 11.6. The normalized spacial score (nSPS) is 10.0. The fraction of sp³-hybridized carbons (Fsp3) is 0.364. The van der Waals surface area contributed by atoms with Gasteiger partial charge >= 0.3 is 0 Å². The minimum Gasteiger partial charge on any atom is -0.352 e. The summed E-state index contributed by atoms with van der Waals surface area (Å²) in [5, 5.41) is 5.89. The summed E-state index contributed by atoms with van der Waals surface area (Å²) < 4.78 is 0.981. The number of hydrogen-bond acceptors (Lipinski definition) is 2. The molecule has 1 aromatic carbocycles. The fourth-order valence-corrected chi connectivity index (χ4v) is 1.43. The molecule has 1 amide bonds. The number of amides is 1. The number of halogens is 1. The van der Waals surface area contributed by atoms with Gasteiger partial charge in [0.15, 0.2) is 0 Å². The van der Waals surface area contributed by atoms with Gasteiger partial charge in [-0.3, -0.25) is 4.79 Å². The average Bonchev–Trinajstić information content (AvgIpc) is 2.25. The second-order valence-corrected chi connectivity index (χ2v) is 4.14. The largest absolute Gasteiger partial charge is 0.352 e. The molecule has 0 aliphatic carbocycles. The first-order valence-electron chi connectivity index (χ1n) is 4.92. The number of hydrogen-bond donors (Lipinski definition) is 2. The van der Waals surface area contributed by atoms with Gasteiger partial charge < -0.3 is 10.6 Å². The predicted molar refractivity (Wildman–Crippen MR) is 65.0 cm³/mol. The van der Waals surface area contributed by atoms with Gasteiger partial charge in [0.2, 0.25) is 0 Å². The minimum absolute atomic E-state index is 0.0152. The van der Waals surface area contributed by atoms with Crippen LogP contribution >= 0.6 is 15.9 Å². The zero-order valence-corrected chi connectivity index (χ0v) is 10.3. The summed E-state index contributed by atoms with van der Waals surface area (Å²) >= 11 is 3.33. The molecule has 0 spiro atoms. The van der Waals surface area contributed by atoms with Crippen molar-refractivity contribution < 1.29 is 4.79 Å². The zero-order chi connectivity index (χ0) is 11.1. The van der Waals surface area contributed by atoms with Crippen LogP contribution in [0.4, 0.5) is 0 Å². The Bertz CT molecular complexity index is 311. The molecule has 0 saturated carbocycles. The van der Waals surface area contributed by atoms with Crippen LogP contribution in [-0.4, -0.2) is 26.0 Å². The third kappa shape index (κ3) is 4.44. The van der Waals surface area contributed by atoms with E-state index in [1.807, 2.05) is 19.2 Å². The molecule has 15 heavy (non-hydrogen) atoms. The molecule has 0 fully saturated rings. The van der Waals surface area contributed by atoms with E-state index in [4.69, 9.17) is 0 Å². The van der Waals surface area contributed by atoms with Crippen molar-refractivity contribution in [3.63, 3.8) is 0 Å². The van der Waals surface area contributed by atoms with Crippen LogP contribution in [0.15, 0.2) is 28.7 Å².